The Kier molecular flexibility index (Phi) is 5.11. The van der Waals surface area contributed by atoms with Crippen molar-refractivity contribution in [3.63, 3.8) is 0 Å². The predicted molar refractivity (Wildman–Crippen MR) is 85.4 cm³/mol. The van der Waals surface area contributed by atoms with E-state index in [1.807, 2.05) is 0 Å². The molecule has 0 amide bonds. The molecule has 0 aliphatic heterocycles. The first-order valence-electron chi connectivity index (χ1n) is 7.30. The van der Waals surface area contributed by atoms with Crippen LogP contribution in [0.1, 0.15) is 28.0 Å². The highest BCUT2D eigenvalue weighted by Gasteiger charge is 2.41. The molecule has 1 aromatic carbocycles. The number of benzene rings is 1. The number of aromatic amines is 1. The van der Waals surface area contributed by atoms with E-state index >= 15 is 0 Å². The van der Waals surface area contributed by atoms with Crippen LogP contribution in [-0.2, 0) is 0 Å². The topological polar surface area (TPSA) is 62.0 Å². The highest BCUT2D eigenvalue weighted by Crippen LogP contribution is 2.27. The zero-order chi connectivity index (χ0) is 17.9. The molecule has 0 saturated heterocycles. The average molecular weight is 338 g/mol. The normalized spacial score (nSPS) is 12.7. The number of hydrogen-bond donors (Lipinski definition) is 2. The minimum Gasteiger partial charge on any atom is -0.374 e. The van der Waals surface area contributed by atoms with Crippen molar-refractivity contribution in [2.75, 3.05) is 5.32 Å². The van der Waals surface area contributed by atoms with Gasteiger partial charge in [0.05, 0.1) is 5.56 Å². The monoisotopic (exact) mass is 338 g/mol. The summed E-state index contributed by atoms with van der Waals surface area (Å²) in [7, 11) is 0. The number of hydrogen-bond acceptors (Lipinski definition) is 3. The zero-order valence-electron chi connectivity index (χ0n) is 13.2. The van der Waals surface area contributed by atoms with Crippen LogP contribution in [0, 0.1) is 13.8 Å². The molecule has 0 saturated carbocycles. The summed E-state index contributed by atoms with van der Waals surface area (Å²) in [5, 5.41) is 2.31. The smallest absolute Gasteiger partial charge is 0.374 e. The molecule has 24 heavy (non-hydrogen) atoms. The summed E-state index contributed by atoms with van der Waals surface area (Å²) >= 11 is 0. The summed E-state index contributed by atoms with van der Waals surface area (Å²) in [5.74, 6) is -0.848. The number of pyridine rings is 1. The number of Topliss-reactive ketones (excluding diaryl/α,β-unsaturated/α-hetero) is 1. The van der Waals surface area contributed by atoms with E-state index in [9.17, 15) is 22.8 Å². The van der Waals surface area contributed by atoms with E-state index in [1.165, 1.54) is 19.1 Å². The summed E-state index contributed by atoms with van der Waals surface area (Å²) in [4.78, 5) is 26.6. The highest BCUT2D eigenvalue weighted by atomic mass is 19.4. The molecule has 1 aromatic heterocycles. The van der Waals surface area contributed by atoms with Gasteiger partial charge in [0, 0.05) is 17.8 Å². The number of aromatic nitrogens is 1. The number of rotatable bonds is 5. The first kappa shape index (κ1) is 17.8. The predicted octanol–water partition coefficient (Wildman–Crippen LogP) is 3.61. The molecule has 2 aromatic rings. The van der Waals surface area contributed by atoms with Gasteiger partial charge in [-0.15, -0.1) is 0 Å². The number of H-pyrrole nitrogens is 1. The molecule has 2 N–H and O–H groups in total. The van der Waals surface area contributed by atoms with Crippen molar-refractivity contribution in [3.8, 4) is 0 Å². The largest absolute Gasteiger partial charge is 0.408 e. The first-order valence-corrected chi connectivity index (χ1v) is 7.30. The number of carbonyl (C=O) groups is 1. The number of alkyl halides is 3. The molecule has 0 spiro atoms. The molecule has 4 nitrogen and oxygen atoms in total. The van der Waals surface area contributed by atoms with Gasteiger partial charge in [-0.3, -0.25) is 9.59 Å². The first-order chi connectivity index (χ1) is 11.2. The fraction of sp³-hybridized carbons (Fsp3) is 0.294. The molecule has 1 unspecified atom stereocenters. The number of ketones is 1. The van der Waals surface area contributed by atoms with E-state index in [-0.39, 0.29) is 11.3 Å². The summed E-state index contributed by atoms with van der Waals surface area (Å²) in [6.07, 6.45) is -5.48. The Morgan fingerprint density at radius 3 is 2.38 bits per heavy atom. The van der Waals surface area contributed by atoms with Crippen molar-refractivity contribution in [1.82, 2.24) is 4.98 Å². The van der Waals surface area contributed by atoms with Crippen LogP contribution < -0.4 is 10.9 Å². The van der Waals surface area contributed by atoms with E-state index in [2.05, 4.69) is 10.3 Å². The van der Waals surface area contributed by atoms with Crippen molar-refractivity contribution < 1.29 is 18.0 Å². The molecule has 0 bridgehead atoms. The third kappa shape index (κ3) is 4.24. The van der Waals surface area contributed by atoms with E-state index in [0.29, 0.717) is 11.3 Å². The third-order valence-corrected chi connectivity index (χ3v) is 3.54. The Labute approximate surface area is 136 Å². The van der Waals surface area contributed by atoms with Gasteiger partial charge in [-0.2, -0.15) is 13.2 Å². The van der Waals surface area contributed by atoms with Gasteiger partial charge in [0.25, 0.3) is 5.56 Å². The maximum absolute atomic E-state index is 13.2. The summed E-state index contributed by atoms with van der Waals surface area (Å²) in [6, 6.07) is 7.29. The molecule has 1 heterocycles. The maximum atomic E-state index is 13.2. The maximum Gasteiger partial charge on any atom is 0.408 e. The lowest BCUT2D eigenvalue weighted by Gasteiger charge is -2.22. The van der Waals surface area contributed by atoms with Crippen molar-refractivity contribution in [2.45, 2.75) is 32.5 Å². The molecule has 7 heteroatoms. The van der Waals surface area contributed by atoms with Crippen LogP contribution in [0.2, 0.25) is 0 Å². The Morgan fingerprint density at radius 1 is 1.21 bits per heavy atom. The number of aryl methyl sites for hydroxylation is 2. The molecule has 1 atom stereocenters. The van der Waals surface area contributed by atoms with Crippen molar-refractivity contribution in [2.24, 2.45) is 0 Å². The van der Waals surface area contributed by atoms with E-state index in [4.69, 9.17) is 0 Å². The second kappa shape index (κ2) is 6.90. The summed E-state index contributed by atoms with van der Waals surface area (Å²) in [6.45, 7) is 3.17. The fourth-order valence-electron chi connectivity index (χ4n) is 2.47. The quantitative estimate of drug-likeness (QED) is 0.819. The Morgan fingerprint density at radius 2 is 1.83 bits per heavy atom. The number of anilines is 1. The van der Waals surface area contributed by atoms with E-state index in [1.54, 1.807) is 31.2 Å². The Hall–Kier alpha value is -2.57. The van der Waals surface area contributed by atoms with Crippen LogP contribution in [0.3, 0.4) is 0 Å². The second-order valence-corrected chi connectivity index (χ2v) is 5.57. The van der Waals surface area contributed by atoms with Gasteiger partial charge in [0.15, 0.2) is 5.78 Å². The van der Waals surface area contributed by atoms with Crippen molar-refractivity contribution in [3.05, 3.63) is 63.6 Å². The van der Waals surface area contributed by atoms with Crippen molar-refractivity contribution >= 4 is 11.5 Å². The highest BCUT2D eigenvalue weighted by molar-refractivity contribution is 5.97. The van der Waals surface area contributed by atoms with Gasteiger partial charge in [0.1, 0.15) is 6.04 Å². The minimum absolute atomic E-state index is 0.232. The van der Waals surface area contributed by atoms with Crippen LogP contribution >= 0.6 is 0 Å². The fourth-order valence-corrected chi connectivity index (χ4v) is 2.47. The van der Waals surface area contributed by atoms with E-state index < -0.39 is 30.0 Å². The van der Waals surface area contributed by atoms with Gasteiger partial charge in [0.2, 0.25) is 0 Å². The standard InChI is InChI=1S/C17H17F3N2O2/c1-10-8-11(2)21-16(24)15(10)13(23)9-14(17(18,19)20)22-12-6-4-3-5-7-12/h3-8,14,22H,9H2,1-2H3,(H,21,24). The van der Waals surface area contributed by atoms with Gasteiger partial charge in [-0.25, -0.2) is 0 Å². The van der Waals surface area contributed by atoms with Crippen LogP contribution in [0.25, 0.3) is 0 Å². The van der Waals surface area contributed by atoms with Gasteiger partial charge in [-0.05, 0) is 37.6 Å². The van der Waals surface area contributed by atoms with Gasteiger partial charge < -0.3 is 10.3 Å². The number of para-hydroxylation sites is 1. The Balaban J connectivity index is 2.27. The molecule has 0 aliphatic carbocycles. The molecular formula is C17H17F3N2O2. The molecule has 0 aliphatic rings. The summed E-state index contributed by atoms with van der Waals surface area (Å²) < 4.78 is 39.7. The zero-order valence-corrected chi connectivity index (χ0v) is 13.2. The Bertz CT molecular complexity index is 783. The van der Waals surface area contributed by atoms with Crippen LogP contribution in [0.4, 0.5) is 18.9 Å². The van der Waals surface area contributed by atoms with E-state index in [0.717, 1.165) is 0 Å². The molecule has 0 radical (unpaired) electrons. The lowest BCUT2D eigenvalue weighted by atomic mass is 10.00. The lowest BCUT2D eigenvalue weighted by molar-refractivity contribution is -0.141. The van der Waals surface area contributed by atoms with Crippen LogP contribution in [0.15, 0.2) is 41.2 Å². The van der Waals surface area contributed by atoms with Crippen LogP contribution in [-0.4, -0.2) is 23.0 Å². The van der Waals surface area contributed by atoms with Crippen LogP contribution in [0.5, 0.6) is 0 Å². The number of halogens is 3. The number of nitrogens with one attached hydrogen (secondary N) is 2. The second-order valence-electron chi connectivity index (χ2n) is 5.57. The SMILES string of the molecule is Cc1cc(C)c(C(=O)CC(Nc2ccccc2)C(F)(F)F)c(=O)[nH]1. The third-order valence-electron chi connectivity index (χ3n) is 3.54. The molecule has 2 rings (SSSR count). The van der Waals surface area contributed by atoms with Gasteiger partial charge in [-0.1, -0.05) is 18.2 Å². The van der Waals surface area contributed by atoms with Crippen molar-refractivity contribution in [1.29, 1.82) is 0 Å². The lowest BCUT2D eigenvalue weighted by Crippen LogP contribution is -2.39. The summed E-state index contributed by atoms with van der Waals surface area (Å²) in [5.41, 5.74) is 0.260. The molecule has 0 fully saturated rings. The van der Waals surface area contributed by atoms with Gasteiger partial charge >= 0.3 is 6.18 Å². The average Bonchev–Trinajstić information content (AvgIpc) is 2.45. The molecular weight excluding hydrogens is 321 g/mol. The number of carbonyl (C=O) groups excluding carboxylic acids is 1. The molecule has 128 valence electrons. The minimum atomic E-state index is -4.63.